The normalized spacial score (nSPS) is 24.1. The topological polar surface area (TPSA) is 72.3 Å². The summed E-state index contributed by atoms with van der Waals surface area (Å²) < 4.78 is 0. The van der Waals surface area contributed by atoms with Crippen LogP contribution in [0.2, 0.25) is 0 Å². The molecule has 0 spiro atoms. The van der Waals surface area contributed by atoms with Gasteiger partial charge in [0.1, 0.15) is 0 Å². The van der Waals surface area contributed by atoms with Crippen LogP contribution < -0.4 is 11.5 Å². The summed E-state index contributed by atoms with van der Waals surface area (Å²) >= 11 is 0. The fourth-order valence-electron chi connectivity index (χ4n) is 2.09. The van der Waals surface area contributed by atoms with E-state index >= 15 is 0 Å². The lowest BCUT2D eigenvalue weighted by atomic mass is 10.1. The van der Waals surface area contributed by atoms with Crippen molar-refractivity contribution in [3.63, 3.8) is 0 Å². The molecule has 1 amide bonds. The maximum atomic E-state index is 12.2. The first-order valence-corrected chi connectivity index (χ1v) is 6.01. The van der Waals surface area contributed by atoms with Crippen molar-refractivity contribution in [3.05, 3.63) is 35.4 Å². The third kappa shape index (κ3) is 2.48. The van der Waals surface area contributed by atoms with Crippen LogP contribution in [0.3, 0.4) is 0 Å². The Morgan fingerprint density at radius 1 is 1.24 bits per heavy atom. The number of aryl methyl sites for hydroxylation is 1. The Kier molecular flexibility index (Phi) is 3.45. The lowest BCUT2D eigenvalue weighted by Gasteiger charge is -2.15. The van der Waals surface area contributed by atoms with Crippen LogP contribution >= 0.6 is 0 Å². The zero-order chi connectivity index (χ0) is 12.4. The van der Waals surface area contributed by atoms with E-state index < -0.39 is 0 Å². The third-order valence-corrected chi connectivity index (χ3v) is 3.31. The van der Waals surface area contributed by atoms with Gasteiger partial charge in [0.15, 0.2) is 0 Å². The third-order valence-electron chi connectivity index (χ3n) is 3.31. The van der Waals surface area contributed by atoms with Crippen LogP contribution in [0, 0.1) is 0 Å². The maximum absolute atomic E-state index is 12.2. The summed E-state index contributed by atoms with van der Waals surface area (Å²) in [7, 11) is 0. The van der Waals surface area contributed by atoms with Gasteiger partial charge in [0.25, 0.3) is 5.91 Å². The number of hydrogen-bond donors (Lipinski definition) is 2. The number of nitrogens with two attached hydrogens (primary N) is 2. The van der Waals surface area contributed by atoms with Gasteiger partial charge in [0, 0.05) is 30.7 Å². The highest BCUT2D eigenvalue weighted by Crippen LogP contribution is 2.13. The van der Waals surface area contributed by atoms with Gasteiger partial charge in [0.05, 0.1) is 0 Å². The fraction of sp³-hybridized carbons (Fsp3) is 0.462. The summed E-state index contributed by atoms with van der Waals surface area (Å²) in [6.45, 7) is 3.19. The minimum atomic E-state index is -0.103. The summed E-state index contributed by atoms with van der Waals surface area (Å²) in [5, 5.41) is 0. The van der Waals surface area contributed by atoms with Crippen molar-refractivity contribution in [1.29, 1.82) is 0 Å². The molecule has 1 aliphatic heterocycles. The summed E-state index contributed by atoms with van der Waals surface area (Å²) in [5.41, 5.74) is 13.6. The second kappa shape index (κ2) is 4.85. The van der Waals surface area contributed by atoms with Crippen molar-refractivity contribution in [1.82, 2.24) is 4.90 Å². The van der Waals surface area contributed by atoms with E-state index in [1.807, 2.05) is 24.3 Å². The van der Waals surface area contributed by atoms with Gasteiger partial charge in [-0.3, -0.25) is 4.79 Å². The second-order valence-corrected chi connectivity index (χ2v) is 4.59. The van der Waals surface area contributed by atoms with Gasteiger partial charge in [-0.05, 0) is 24.1 Å². The van der Waals surface area contributed by atoms with E-state index in [4.69, 9.17) is 11.5 Å². The highest BCUT2D eigenvalue weighted by Gasteiger charge is 2.30. The molecule has 2 rings (SSSR count). The Morgan fingerprint density at radius 2 is 1.76 bits per heavy atom. The number of benzene rings is 1. The minimum Gasteiger partial charge on any atom is -0.335 e. The Hall–Kier alpha value is -1.39. The molecule has 92 valence electrons. The first-order chi connectivity index (χ1) is 8.11. The molecule has 1 aromatic carbocycles. The van der Waals surface area contributed by atoms with Crippen molar-refractivity contribution in [2.24, 2.45) is 11.5 Å². The molecule has 0 radical (unpaired) electrons. The van der Waals surface area contributed by atoms with Gasteiger partial charge in [-0.25, -0.2) is 0 Å². The van der Waals surface area contributed by atoms with Crippen LogP contribution in [-0.4, -0.2) is 36.0 Å². The number of nitrogens with zero attached hydrogens (tertiary/aromatic N) is 1. The molecule has 0 saturated carbocycles. The predicted octanol–water partition coefficient (Wildman–Crippen LogP) is 0.359. The summed E-state index contributed by atoms with van der Waals surface area (Å²) in [5.74, 6) is 0.0241. The molecule has 1 saturated heterocycles. The number of rotatable bonds is 2. The first kappa shape index (κ1) is 12.1. The average molecular weight is 233 g/mol. The molecule has 1 fully saturated rings. The van der Waals surface area contributed by atoms with Gasteiger partial charge in [0.2, 0.25) is 0 Å². The number of likely N-dealkylation sites (tertiary alicyclic amines) is 1. The zero-order valence-electron chi connectivity index (χ0n) is 10.1. The smallest absolute Gasteiger partial charge is 0.253 e. The van der Waals surface area contributed by atoms with Gasteiger partial charge >= 0.3 is 0 Å². The van der Waals surface area contributed by atoms with E-state index in [0.717, 1.165) is 6.42 Å². The Balaban J connectivity index is 2.09. The van der Waals surface area contributed by atoms with Crippen molar-refractivity contribution in [2.75, 3.05) is 13.1 Å². The van der Waals surface area contributed by atoms with E-state index in [-0.39, 0.29) is 18.0 Å². The quantitative estimate of drug-likeness (QED) is 0.774. The molecular formula is C13H19N3O. The van der Waals surface area contributed by atoms with Crippen molar-refractivity contribution in [2.45, 2.75) is 25.4 Å². The molecular weight excluding hydrogens is 214 g/mol. The Morgan fingerprint density at radius 3 is 2.24 bits per heavy atom. The summed E-state index contributed by atoms with van der Waals surface area (Å²) in [6.07, 6.45) is 0.980. The minimum absolute atomic E-state index is 0.0241. The van der Waals surface area contributed by atoms with Gasteiger partial charge in [-0.2, -0.15) is 0 Å². The van der Waals surface area contributed by atoms with Crippen LogP contribution in [0.25, 0.3) is 0 Å². The lowest BCUT2D eigenvalue weighted by Crippen LogP contribution is -2.39. The fourth-order valence-corrected chi connectivity index (χ4v) is 2.09. The zero-order valence-corrected chi connectivity index (χ0v) is 10.1. The second-order valence-electron chi connectivity index (χ2n) is 4.59. The summed E-state index contributed by atoms with van der Waals surface area (Å²) in [4.78, 5) is 13.9. The highest BCUT2D eigenvalue weighted by molar-refractivity contribution is 5.94. The maximum Gasteiger partial charge on any atom is 0.253 e. The first-order valence-electron chi connectivity index (χ1n) is 6.01. The monoisotopic (exact) mass is 233 g/mol. The van der Waals surface area contributed by atoms with E-state index in [2.05, 4.69) is 6.92 Å². The van der Waals surface area contributed by atoms with E-state index in [1.165, 1.54) is 5.56 Å². The largest absolute Gasteiger partial charge is 0.335 e. The molecule has 1 heterocycles. The predicted molar refractivity (Wildman–Crippen MR) is 67.7 cm³/mol. The standard InChI is InChI=1S/C13H19N3O/c1-2-9-3-5-10(6-4-9)13(17)16-7-11(14)12(15)8-16/h3-6,11-12H,2,7-8,14-15H2,1H3. The Labute approximate surface area is 102 Å². The number of hydrogen-bond acceptors (Lipinski definition) is 3. The molecule has 0 aliphatic carbocycles. The van der Waals surface area contributed by atoms with Crippen LogP contribution in [-0.2, 0) is 6.42 Å². The average Bonchev–Trinajstić information content (AvgIpc) is 2.69. The number of carbonyl (C=O) groups excluding carboxylic acids is 1. The SMILES string of the molecule is CCc1ccc(C(=O)N2CC(N)C(N)C2)cc1. The molecule has 1 aromatic rings. The molecule has 4 nitrogen and oxygen atoms in total. The molecule has 4 N–H and O–H groups in total. The van der Waals surface area contributed by atoms with Gasteiger partial charge < -0.3 is 16.4 Å². The van der Waals surface area contributed by atoms with Gasteiger partial charge in [-0.1, -0.05) is 19.1 Å². The van der Waals surface area contributed by atoms with Crippen molar-refractivity contribution >= 4 is 5.91 Å². The van der Waals surface area contributed by atoms with Crippen molar-refractivity contribution < 1.29 is 4.79 Å². The van der Waals surface area contributed by atoms with Crippen LogP contribution in [0.15, 0.2) is 24.3 Å². The highest BCUT2D eigenvalue weighted by atomic mass is 16.2. The van der Waals surface area contributed by atoms with E-state index in [9.17, 15) is 4.79 Å². The van der Waals surface area contributed by atoms with Gasteiger partial charge in [-0.15, -0.1) is 0 Å². The van der Waals surface area contributed by atoms with E-state index in [0.29, 0.717) is 18.7 Å². The molecule has 4 heteroatoms. The van der Waals surface area contributed by atoms with Crippen LogP contribution in [0.4, 0.5) is 0 Å². The molecule has 17 heavy (non-hydrogen) atoms. The molecule has 2 unspecified atom stereocenters. The van der Waals surface area contributed by atoms with Crippen LogP contribution in [0.5, 0.6) is 0 Å². The van der Waals surface area contributed by atoms with Crippen molar-refractivity contribution in [3.8, 4) is 0 Å². The van der Waals surface area contributed by atoms with Crippen LogP contribution in [0.1, 0.15) is 22.8 Å². The number of carbonyl (C=O) groups is 1. The number of amides is 1. The molecule has 2 atom stereocenters. The summed E-state index contributed by atoms with van der Waals surface area (Å²) in [6, 6.07) is 7.52. The lowest BCUT2D eigenvalue weighted by molar-refractivity contribution is 0.0789. The molecule has 0 aromatic heterocycles. The van der Waals surface area contributed by atoms with E-state index in [1.54, 1.807) is 4.90 Å². The Bertz CT molecular complexity index is 392. The molecule has 0 bridgehead atoms. The molecule has 1 aliphatic rings.